The van der Waals surface area contributed by atoms with Crippen molar-refractivity contribution in [3.63, 3.8) is 0 Å². The number of sulfonamides is 1. The molecule has 1 saturated heterocycles. The first-order valence-corrected chi connectivity index (χ1v) is 8.28. The molecular weight excluding hydrogens is 316 g/mol. The monoisotopic (exact) mass is 330 g/mol. The van der Waals surface area contributed by atoms with Gasteiger partial charge in [0.15, 0.2) is 0 Å². The van der Waals surface area contributed by atoms with Gasteiger partial charge < -0.3 is 5.73 Å². The highest BCUT2D eigenvalue weighted by Gasteiger charge is 2.44. The molecule has 4 nitrogen and oxygen atoms in total. The summed E-state index contributed by atoms with van der Waals surface area (Å²) in [4.78, 5) is 0.234. The van der Waals surface area contributed by atoms with E-state index >= 15 is 0 Å². The van der Waals surface area contributed by atoms with Gasteiger partial charge in [0.2, 0.25) is 10.0 Å². The van der Waals surface area contributed by atoms with Gasteiger partial charge in [-0.05, 0) is 43.4 Å². The standard InChI is InChI=1S/C12H15BrN2O2S/c13-9-2-4-12(11(14)6-9)18(16,17)15-7-8-1-3-10(15)5-8/h2,4,6,8,10H,1,3,5,7,14H2. The van der Waals surface area contributed by atoms with Crippen LogP contribution in [0.15, 0.2) is 27.6 Å². The molecule has 2 unspecified atom stereocenters. The normalized spacial score (nSPS) is 27.8. The number of halogens is 1. The number of nitrogen functional groups attached to an aromatic ring is 1. The third-order valence-corrected chi connectivity index (χ3v) is 6.40. The van der Waals surface area contributed by atoms with Gasteiger partial charge in [0.05, 0.1) is 5.69 Å². The third-order valence-electron chi connectivity index (χ3n) is 3.92. The zero-order valence-corrected chi connectivity index (χ0v) is 12.2. The van der Waals surface area contributed by atoms with Crippen LogP contribution < -0.4 is 5.73 Å². The summed E-state index contributed by atoms with van der Waals surface area (Å²) in [5.41, 5.74) is 6.15. The molecule has 18 heavy (non-hydrogen) atoms. The number of hydrogen-bond donors (Lipinski definition) is 1. The van der Waals surface area contributed by atoms with Crippen LogP contribution in [0.5, 0.6) is 0 Å². The summed E-state index contributed by atoms with van der Waals surface area (Å²) in [5.74, 6) is 0.543. The van der Waals surface area contributed by atoms with E-state index in [-0.39, 0.29) is 10.9 Å². The third kappa shape index (κ3) is 1.87. The minimum Gasteiger partial charge on any atom is -0.398 e. The highest BCUT2D eigenvalue weighted by Crippen LogP contribution is 2.41. The Hall–Kier alpha value is -0.590. The van der Waals surface area contributed by atoms with Crippen molar-refractivity contribution < 1.29 is 8.42 Å². The highest BCUT2D eigenvalue weighted by molar-refractivity contribution is 9.10. The van der Waals surface area contributed by atoms with Crippen LogP contribution >= 0.6 is 15.9 Å². The fraction of sp³-hybridized carbons (Fsp3) is 0.500. The van der Waals surface area contributed by atoms with E-state index in [1.165, 1.54) is 0 Å². The Labute approximate surface area is 115 Å². The Balaban J connectivity index is 2.00. The number of benzene rings is 1. The van der Waals surface area contributed by atoms with Crippen LogP contribution in [0.4, 0.5) is 5.69 Å². The van der Waals surface area contributed by atoms with E-state index in [0.29, 0.717) is 18.2 Å². The van der Waals surface area contributed by atoms with Crippen LogP contribution in [0.2, 0.25) is 0 Å². The number of nitrogens with two attached hydrogens (primary N) is 1. The lowest BCUT2D eigenvalue weighted by Gasteiger charge is -2.26. The van der Waals surface area contributed by atoms with Gasteiger partial charge in [0.25, 0.3) is 0 Å². The summed E-state index contributed by atoms with van der Waals surface area (Å²) in [6, 6.07) is 5.13. The van der Waals surface area contributed by atoms with Crippen molar-refractivity contribution in [3.8, 4) is 0 Å². The Kier molecular flexibility index (Phi) is 2.91. The Morgan fingerprint density at radius 2 is 2.11 bits per heavy atom. The zero-order chi connectivity index (χ0) is 12.9. The Morgan fingerprint density at radius 1 is 1.33 bits per heavy atom. The number of anilines is 1. The van der Waals surface area contributed by atoms with Crippen molar-refractivity contribution in [1.82, 2.24) is 4.31 Å². The Morgan fingerprint density at radius 3 is 2.67 bits per heavy atom. The van der Waals surface area contributed by atoms with Gasteiger partial charge in [0, 0.05) is 17.1 Å². The first-order chi connectivity index (χ1) is 8.48. The molecule has 1 saturated carbocycles. The quantitative estimate of drug-likeness (QED) is 0.845. The van der Waals surface area contributed by atoms with Gasteiger partial charge >= 0.3 is 0 Å². The molecule has 1 heterocycles. The van der Waals surface area contributed by atoms with E-state index in [1.807, 2.05) is 0 Å². The molecule has 2 bridgehead atoms. The number of piperidine rings is 1. The van der Waals surface area contributed by atoms with E-state index < -0.39 is 10.0 Å². The number of nitrogens with zero attached hydrogens (tertiary/aromatic N) is 1. The molecular formula is C12H15BrN2O2S. The average Bonchev–Trinajstić information content (AvgIpc) is 2.90. The van der Waals surface area contributed by atoms with E-state index in [4.69, 9.17) is 5.73 Å². The second-order valence-electron chi connectivity index (χ2n) is 5.09. The first kappa shape index (κ1) is 12.4. The van der Waals surface area contributed by atoms with Crippen molar-refractivity contribution in [1.29, 1.82) is 0 Å². The van der Waals surface area contributed by atoms with Crippen molar-refractivity contribution >= 4 is 31.6 Å². The topological polar surface area (TPSA) is 63.4 Å². The number of rotatable bonds is 2. The van der Waals surface area contributed by atoms with Crippen molar-refractivity contribution in [2.45, 2.75) is 30.2 Å². The van der Waals surface area contributed by atoms with Crippen LogP contribution in [0.1, 0.15) is 19.3 Å². The van der Waals surface area contributed by atoms with Crippen LogP contribution in [-0.4, -0.2) is 25.3 Å². The summed E-state index contributed by atoms with van der Waals surface area (Å²) >= 11 is 3.29. The Bertz CT molecular complexity index is 588. The van der Waals surface area contributed by atoms with Crippen molar-refractivity contribution in [2.24, 2.45) is 5.92 Å². The van der Waals surface area contributed by atoms with E-state index in [0.717, 1.165) is 23.7 Å². The SMILES string of the molecule is Nc1cc(Br)ccc1S(=O)(=O)N1CC2CCC1C2. The van der Waals surface area contributed by atoms with Gasteiger partial charge in [-0.2, -0.15) is 4.31 Å². The van der Waals surface area contributed by atoms with Gasteiger partial charge in [0.1, 0.15) is 4.90 Å². The molecule has 1 aliphatic carbocycles. The lowest BCUT2D eigenvalue weighted by atomic mass is 10.1. The molecule has 1 aromatic carbocycles. The van der Waals surface area contributed by atoms with Gasteiger partial charge in [-0.1, -0.05) is 15.9 Å². The molecule has 2 atom stereocenters. The van der Waals surface area contributed by atoms with Crippen LogP contribution in [0, 0.1) is 5.92 Å². The second kappa shape index (κ2) is 4.21. The lowest BCUT2D eigenvalue weighted by Crippen LogP contribution is -2.37. The molecule has 0 aromatic heterocycles. The van der Waals surface area contributed by atoms with Crippen LogP contribution in [0.25, 0.3) is 0 Å². The molecule has 2 aliphatic rings. The smallest absolute Gasteiger partial charge is 0.245 e. The van der Waals surface area contributed by atoms with Crippen molar-refractivity contribution in [2.75, 3.05) is 12.3 Å². The maximum atomic E-state index is 12.6. The molecule has 3 rings (SSSR count). The number of fused-ring (bicyclic) bond motifs is 2. The van der Waals surface area contributed by atoms with Crippen LogP contribution in [-0.2, 0) is 10.0 Å². The molecule has 2 fully saturated rings. The average molecular weight is 331 g/mol. The first-order valence-electron chi connectivity index (χ1n) is 6.05. The largest absolute Gasteiger partial charge is 0.398 e. The summed E-state index contributed by atoms with van der Waals surface area (Å²) in [5, 5.41) is 0. The predicted molar refractivity (Wildman–Crippen MR) is 73.6 cm³/mol. The highest BCUT2D eigenvalue weighted by atomic mass is 79.9. The molecule has 6 heteroatoms. The molecule has 0 radical (unpaired) electrons. The summed E-state index contributed by atoms with van der Waals surface area (Å²) < 4.78 is 27.6. The summed E-state index contributed by atoms with van der Waals surface area (Å²) in [7, 11) is -3.43. The van der Waals surface area contributed by atoms with Gasteiger partial charge in [-0.3, -0.25) is 0 Å². The summed E-state index contributed by atoms with van der Waals surface area (Å²) in [6.45, 7) is 0.655. The molecule has 98 valence electrons. The minimum atomic E-state index is -3.43. The van der Waals surface area contributed by atoms with Gasteiger partial charge in [-0.25, -0.2) is 8.42 Å². The molecule has 0 amide bonds. The molecule has 0 spiro atoms. The zero-order valence-electron chi connectivity index (χ0n) is 9.84. The molecule has 2 N–H and O–H groups in total. The summed E-state index contributed by atoms with van der Waals surface area (Å²) in [6.07, 6.45) is 3.16. The maximum Gasteiger partial charge on any atom is 0.245 e. The van der Waals surface area contributed by atoms with Crippen LogP contribution in [0.3, 0.4) is 0 Å². The van der Waals surface area contributed by atoms with E-state index in [1.54, 1.807) is 22.5 Å². The van der Waals surface area contributed by atoms with E-state index in [9.17, 15) is 8.42 Å². The predicted octanol–water partition coefficient (Wildman–Crippen LogP) is 2.20. The van der Waals surface area contributed by atoms with E-state index in [2.05, 4.69) is 15.9 Å². The van der Waals surface area contributed by atoms with Crippen molar-refractivity contribution in [3.05, 3.63) is 22.7 Å². The lowest BCUT2D eigenvalue weighted by molar-refractivity contribution is 0.333. The molecule has 1 aliphatic heterocycles. The fourth-order valence-electron chi connectivity index (χ4n) is 3.05. The maximum absolute atomic E-state index is 12.6. The fourth-order valence-corrected chi connectivity index (χ4v) is 5.27. The minimum absolute atomic E-state index is 0.183. The second-order valence-corrected chi connectivity index (χ2v) is 7.86. The molecule has 1 aromatic rings. The van der Waals surface area contributed by atoms with Gasteiger partial charge in [-0.15, -0.1) is 0 Å². The number of hydrogen-bond acceptors (Lipinski definition) is 3.